The van der Waals surface area contributed by atoms with Crippen molar-refractivity contribution in [2.45, 2.75) is 92.5 Å². The van der Waals surface area contributed by atoms with E-state index in [2.05, 4.69) is 19.9 Å². The summed E-state index contributed by atoms with van der Waals surface area (Å²) in [7, 11) is 1.61. The van der Waals surface area contributed by atoms with E-state index in [-0.39, 0.29) is 53.3 Å². The Bertz CT molecular complexity index is 1500. The molecule has 1 saturated heterocycles. The van der Waals surface area contributed by atoms with E-state index in [1.54, 1.807) is 7.11 Å². The molecule has 0 amide bonds. The highest BCUT2D eigenvalue weighted by Crippen LogP contribution is 2.60. The topological polar surface area (TPSA) is 125 Å². The largest absolute Gasteiger partial charge is 0.511 e. The number of aliphatic hydroxyl groups excluding tert-OH is 1. The predicted molar refractivity (Wildman–Crippen MR) is 175 cm³/mol. The van der Waals surface area contributed by atoms with Gasteiger partial charge in [0.1, 0.15) is 23.5 Å². The minimum atomic E-state index is -1.58. The number of allylic oxidation sites excluding steroid dienone is 3. The number of fused-ring (bicyclic) bond motifs is 4. The van der Waals surface area contributed by atoms with Gasteiger partial charge in [-0.25, -0.2) is 4.79 Å². The van der Waals surface area contributed by atoms with E-state index in [9.17, 15) is 24.3 Å². The second kappa shape index (κ2) is 12.9. The SMILES string of the molecule is COCC1=CC2C=C(C)C(OC(C)=O)CC=C(C)C3C=CC4C(OC(C)=O)C(C)CC(C)C4C3(C)/C(O)=C3\C(=O)OC2(CC1C)C3=O. The zero-order valence-electron chi connectivity index (χ0n) is 29.1. The molecule has 0 aromatic heterocycles. The van der Waals surface area contributed by atoms with Crippen molar-refractivity contribution in [3.63, 3.8) is 0 Å². The Kier molecular flexibility index (Phi) is 9.54. The van der Waals surface area contributed by atoms with Crippen LogP contribution in [0.2, 0.25) is 0 Å². The van der Waals surface area contributed by atoms with Gasteiger partial charge in [0.15, 0.2) is 5.60 Å². The van der Waals surface area contributed by atoms with E-state index in [4.69, 9.17) is 18.9 Å². The van der Waals surface area contributed by atoms with Gasteiger partial charge in [0, 0.05) is 57.0 Å². The molecule has 2 fully saturated rings. The number of methoxy groups -OCH3 is 1. The highest BCUT2D eigenvalue weighted by molar-refractivity contribution is 6.26. The molecular weight excluding hydrogens is 600 g/mol. The molecule has 0 radical (unpaired) electrons. The number of hydrogen-bond acceptors (Lipinski definition) is 9. The molecule has 1 heterocycles. The van der Waals surface area contributed by atoms with Crippen LogP contribution in [-0.4, -0.2) is 60.3 Å². The lowest BCUT2D eigenvalue weighted by molar-refractivity contribution is -0.161. The molecule has 9 nitrogen and oxygen atoms in total. The molecule has 1 aliphatic heterocycles. The first-order chi connectivity index (χ1) is 22.1. The van der Waals surface area contributed by atoms with E-state index in [1.807, 2.05) is 52.0 Å². The second-order valence-electron chi connectivity index (χ2n) is 14.8. The van der Waals surface area contributed by atoms with Gasteiger partial charge in [-0.05, 0) is 55.1 Å². The molecule has 0 aromatic rings. The normalized spacial score (nSPS) is 41.7. The lowest BCUT2D eigenvalue weighted by Gasteiger charge is -2.56. The molecule has 5 rings (SSSR count). The average molecular weight is 651 g/mol. The number of esters is 3. The number of aliphatic hydroxyl groups is 1. The molecule has 11 unspecified atom stereocenters. The first-order valence-corrected chi connectivity index (χ1v) is 16.9. The van der Waals surface area contributed by atoms with Crippen LogP contribution in [0.15, 0.2) is 58.4 Å². The Morgan fingerprint density at radius 2 is 1.68 bits per heavy atom. The molecule has 5 aliphatic rings. The third kappa shape index (κ3) is 5.83. The molecule has 2 bridgehead atoms. The van der Waals surface area contributed by atoms with Gasteiger partial charge in [0.2, 0.25) is 5.78 Å². The summed E-state index contributed by atoms with van der Waals surface area (Å²) in [5, 5.41) is 12.5. The minimum absolute atomic E-state index is 0.0478. The van der Waals surface area contributed by atoms with Gasteiger partial charge in [0.05, 0.1) is 6.61 Å². The number of carbonyl (C=O) groups is 4. The number of ether oxygens (including phenoxy) is 4. The van der Waals surface area contributed by atoms with Gasteiger partial charge in [-0.3, -0.25) is 14.4 Å². The molecule has 1 N–H and O–H groups in total. The molecule has 0 aromatic carbocycles. The number of ketones is 1. The lowest BCUT2D eigenvalue weighted by Crippen LogP contribution is -2.55. The molecule has 4 aliphatic carbocycles. The van der Waals surface area contributed by atoms with Gasteiger partial charge < -0.3 is 24.1 Å². The van der Waals surface area contributed by atoms with Crippen molar-refractivity contribution in [3.05, 3.63) is 58.4 Å². The summed E-state index contributed by atoms with van der Waals surface area (Å²) in [6.07, 6.45) is 10.2. The Morgan fingerprint density at radius 1 is 1.00 bits per heavy atom. The van der Waals surface area contributed by atoms with E-state index < -0.39 is 52.8 Å². The standard InChI is InChI=1S/C38H50O9/c1-19-10-13-30(45-24(6)39)20(2)15-27-16-26(18-44-9)23(5)17-38(27)35(42)31(36(43)47-38)34(41)37(8)29(19)12-11-28-32(37)21(3)14-22(4)33(28)46-25(7)40/h10-12,15-16,21-23,27-30,32-33,41H,13-14,17-18H2,1-9H3/b19-10?,20-15?,34-31+. The molecule has 11 atom stereocenters. The van der Waals surface area contributed by atoms with Crippen molar-refractivity contribution in [2.24, 2.45) is 46.8 Å². The molecule has 47 heavy (non-hydrogen) atoms. The molecule has 1 spiro atoms. The number of carbonyl (C=O) groups excluding carboxylic acids is 4. The summed E-state index contributed by atoms with van der Waals surface area (Å²) in [4.78, 5) is 53.4. The highest BCUT2D eigenvalue weighted by atomic mass is 16.6. The maximum atomic E-state index is 14.8. The van der Waals surface area contributed by atoms with Gasteiger partial charge in [0.25, 0.3) is 0 Å². The molecule has 1 saturated carbocycles. The van der Waals surface area contributed by atoms with E-state index in [1.165, 1.54) is 13.8 Å². The van der Waals surface area contributed by atoms with Gasteiger partial charge >= 0.3 is 17.9 Å². The van der Waals surface area contributed by atoms with E-state index in [0.29, 0.717) is 13.0 Å². The quantitative estimate of drug-likeness (QED) is 0.165. The summed E-state index contributed by atoms with van der Waals surface area (Å²) < 4.78 is 23.4. The minimum Gasteiger partial charge on any atom is -0.511 e. The Hall–Kier alpha value is -3.46. The van der Waals surface area contributed by atoms with Crippen LogP contribution in [0.4, 0.5) is 0 Å². The first-order valence-electron chi connectivity index (χ1n) is 16.9. The summed E-state index contributed by atoms with van der Waals surface area (Å²) in [5.41, 5.74) is -0.434. The third-order valence-corrected chi connectivity index (χ3v) is 11.6. The number of hydrogen-bond donors (Lipinski definition) is 1. The Balaban J connectivity index is 1.78. The van der Waals surface area contributed by atoms with Crippen molar-refractivity contribution >= 4 is 23.7 Å². The lowest BCUT2D eigenvalue weighted by atomic mass is 9.49. The van der Waals surface area contributed by atoms with E-state index in [0.717, 1.165) is 23.1 Å². The van der Waals surface area contributed by atoms with Crippen LogP contribution < -0.4 is 0 Å². The Morgan fingerprint density at radius 3 is 2.32 bits per heavy atom. The maximum Gasteiger partial charge on any atom is 0.346 e. The monoisotopic (exact) mass is 650 g/mol. The fourth-order valence-corrected chi connectivity index (χ4v) is 9.54. The van der Waals surface area contributed by atoms with Crippen LogP contribution in [0, 0.1) is 46.8 Å². The predicted octanol–water partition coefficient (Wildman–Crippen LogP) is 6.15. The molecule has 9 heteroatoms. The van der Waals surface area contributed by atoms with Crippen LogP contribution in [0.25, 0.3) is 0 Å². The fraction of sp³-hybridized carbons (Fsp3) is 0.632. The van der Waals surface area contributed by atoms with Crippen LogP contribution >= 0.6 is 0 Å². The molecular formula is C38H50O9. The number of Topliss-reactive ketones (excluding diaryl/α,β-unsaturated/α-hetero) is 1. The summed E-state index contributed by atoms with van der Waals surface area (Å²) in [6, 6.07) is 0. The highest BCUT2D eigenvalue weighted by Gasteiger charge is 2.63. The van der Waals surface area contributed by atoms with Crippen LogP contribution in [0.1, 0.15) is 74.7 Å². The van der Waals surface area contributed by atoms with Crippen molar-refractivity contribution in [1.82, 2.24) is 0 Å². The van der Waals surface area contributed by atoms with Crippen molar-refractivity contribution in [1.29, 1.82) is 0 Å². The third-order valence-electron chi connectivity index (χ3n) is 11.6. The summed E-state index contributed by atoms with van der Waals surface area (Å²) >= 11 is 0. The van der Waals surface area contributed by atoms with Gasteiger partial charge in [-0.1, -0.05) is 63.6 Å². The molecule has 256 valence electrons. The fourth-order valence-electron chi connectivity index (χ4n) is 9.54. The zero-order chi connectivity index (χ0) is 34.6. The second-order valence-corrected chi connectivity index (χ2v) is 14.8. The van der Waals surface area contributed by atoms with Crippen molar-refractivity contribution < 1.29 is 43.2 Å². The van der Waals surface area contributed by atoms with Crippen LogP contribution in [0.3, 0.4) is 0 Å². The smallest absolute Gasteiger partial charge is 0.346 e. The average Bonchev–Trinajstić information content (AvgIpc) is 3.22. The summed E-state index contributed by atoms with van der Waals surface area (Å²) in [6.45, 7) is 15.0. The van der Waals surface area contributed by atoms with Gasteiger partial charge in [-0.15, -0.1) is 0 Å². The van der Waals surface area contributed by atoms with Gasteiger partial charge in [-0.2, -0.15) is 0 Å². The van der Waals surface area contributed by atoms with E-state index >= 15 is 0 Å². The maximum absolute atomic E-state index is 14.8. The number of rotatable bonds is 4. The van der Waals surface area contributed by atoms with Crippen molar-refractivity contribution in [3.8, 4) is 0 Å². The van der Waals surface area contributed by atoms with Crippen molar-refractivity contribution in [2.75, 3.05) is 13.7 Å². The zero-order valence-corrected chi connectivity index (χ0v) is 29.1. The van der Waals surface area contributed by atoms with Crippen LogP contribution in [0.5, 0.6) is 0 Å². The van der Waals surface area contributed by atoms with Crippen LogP contribution in [-0.2, 0) is 38.1 Å². The Labute approximate surface area is 278 Å². The first kappa shape index (κ1) is 34.9. The summed E-state index contributed by atoms with van der Waals surface area (Å²) in [5.74, 6) is -4.13.